The van der Waals surface area contributed by atoms with Crippen molar-refractivity contribution in [2.75, 3.05) is 26.2 Å². The van der Waals surface area contributed by atoms with E-state index in [2.05, 4.69) is 11.8 Å². The van der Waals surface area contributed by atoms with Crippen molar-refractivity contribution in [1.29, 1.82) is 0 Å². The summed E-state index contributed by atoms with van der Waals surface area (Å²) in [6, 6.07) is 20.5. The van der Waals surface area contributed by atoms with E-state index in [4.69, 9.17) is 9.47 Å². The Morgan fingerprint density at radius 1 is 0.971 bits per heavy atom. The summed E-state index contributed by atoms with van der Waals surface area (Å²) < 4.78 is 12.5. The number of likely N-dealkylation sites (tertiary alicyclic amines) is 1. The molecule has 0 radical (unpaired) electrons. The molecule has 0 spiro atoms. The van der Waals surface area contributed by atoms with Gasteiger partial charge in [-0.25, -0.2) is 0 Å². The predicted molar refractivity (Wildman–Crippen MR) is 134 cm³/mol. The Morgan fingerprint density at radius 2 is 1.74 bits per heavy atom. The number of ether oxygens (including phenoxy) is 2. The average molecular weight is 458 g/mol. The van der Waals surface area contributed by atoms with Crippen LogP contribution in [-0.2, 0) is 0 Å². The summed E-state index contributed by atoms with van der Waals surface area (Å²) in [5.74, 6) is 2.59. The standard InChI is InChI=1S/C29H31NO4/c1-3-13-30-16-20(17-30)18-33-25-10-7-21(8-11-25)29-28(22-5-4-6-23(31)14-22)19(2)26-15-24(32)9-12-27(26)34-29/h4-12,14-15,20,29,31-32H,3,13,16-18H2,1-2H3/t29-/m0/s1. The summed E-state index contributed by atoms with van der Waals surface area (Å²) >= 11 is 0. The van der Waals surface area contributed by atoms with Crippen molar-refractivity contribution in [3.63, 3.8) is 0 Å². The number of phenolic OH excluding ortho intramolecular Hbond substituents is 2. The largest absolute Gasteiger partial charge is 0.508 e. The number of hydrogen-bond acceptors (Lipinski definition) is 5. The van der Waals surface area contributed by atoms with Crippen molar-refractivity contribution in [1.82, 2.24) is 4.90 Å². The second-order valence-electron chi connectivity index (χ2n) is 9.27. The molecule has 176 valence electrons. The molecule has 1 atom stereocenters. The Labute approximate surface area is 200 Å². The summed E-state index contributed by atoms with van der Waals surface area (Å²) in [6.07, 6.45) is 0.852. The number of nitrogens with zero attached hydrogens (tertiary/aromatic N) is 1. The first-order chi connectivity index (χ1) is 16.5. The zero-order chi connectivity index (χ0) is 23.7. The zero-order valence-electron chi connectivity index (χ0n) is 19.7. The maximum Gasteiger partial charge on any atom is 0.150 e. The molecule has 0 aromatic heterocycles. The molecule has 5 heteroatoms. The van der Waals surface area contributed by atoms with Crippen molar-refractivity contribution in [3.8, 4) is 23.0 Å². The molecule has 0 amide bonds. The van der Waals surface area contributed by atoms with Gasteiger partial charge in [0.2, 0.25) is 0 Å². The van der Waals surface area contributed by atoms with Crippen LogP contribution in [0.2, 0.25) is 0 Å². The highest BCUT2D eigenvalue weighted by molar-refractivity contribution is 5.95. The summed E-state index contributed by atoms with van der Waals surface area (Å²) in [5.41, 5.74) is 4.72. The molecule has 5 nitrogen and oxygen atoms in total. The Balaban J connectivity index is 1.39. The van der Waals surface area contributed by atoms with E-state index in [9.17, 15) is 10.2 Å². The molecule has 2 aliphatic heterocycles. The lowest BCUT2D eigenvalue weighted by Gasteiger charge is -2.38. The van der Waals surface area contributed by atoms with E-state index in [-0.39, 0.29) is 17.6 Å². The Morgan fingerprint density at radius 3 is 2.47 bits per heavy atom. The molecule has 2 heterocycles. The van der Waals surface area contributed by atoms with Gasteiger partial charge >= 0.3 is 0 Å². The molecule has 5 rings (SSSR count). The maximum atomic E-state index is 10.1. The zero-order valence-corrected chi connectivity index (χ0v) is 19.7. The highest BCUT2D eigenvalue weighted by Gasteiger charge is 2.30. The molecule has 0 aliphatic carbocycles. The highest BCUT2D eigenvalue weighted by atomic mass is 16.5. The fourth-order valence-electron chi connectivity index (χ4n) is 4.95. The molecule has 0 saturated carbocycles. The van der Waals surface area contributed by atoms with Crippen LogP contribution in [0.5, 0.6) is 23.0 Å². The Kier molecular flexibility index (Phi) is 6.20. The number of benzene rings is 3. The maximum absolute atomic E-state index is 10.1. The minimum absolute atomic E-state index is 0.196. The molecule has 1 saturated heterocycles. The van der Waals surface area contributed by atoms with Crippen LogP contribution in [0.3, 0.4) is 0 Å². The predicted octanol–water partition coefficient (Wildman–Crippen LogP) is 5.88. The van der Waals surface area contributed by atoms with Gasteiger partial charge in [-0.15, -0.1) is 0 Å². The lowest BCUT2D eigenvalue weighted by molar-refractivity contribution is 0.0624. The molecular formula is C29H31NO4. The van der Waals surface area contributed by atoms with E-state index in [1.54, 1.807) is 30.3 Å². The number of rotatable bonds is 7. The van der Waals surface area contributed by atoms with Gasteiger partial charge in [0, 0.05) is 30.1 Å². The van der Waals surface area contributed by atoms with Gasteiger partial charge in [0.1, 0.15) is 29.1 Å². The van der Waals surface area contributed by atoms with E-state index < -0.39 is 0 Å². The number of allylic oxidation sites excluding steroid dienone is 1. The number of phenols is 2. The van der Waals surface area contributed by atoms with Crippen LogP contribution in [0.15, 0.2) is 66.7 Å². The third-order valence-corrected chi connectivity index (χ3v) is 6.68. The molecule has 34 heavy (non-hydrogen) atoms. The third kappa shape index (κ3) is 4.48. The molecule has 2 aliphatic rings. The van der Waals surface area contributed by atoms with Crippen LogP contribution in [-0.4, -0.2) is 41.4 Å². The van der Waals surface area contributed by atoms with Crippen LogP contribution >= 0.6 is 0 Å². The Bertz CT molecular complexity index is 1200. The lowest BCUT2D eigenvalue weighted by atomic mass is 9.86. The van der Waals surface area contributed by atoms with Gasteiger partial charge in [0.25, 0.3) is 0 Å². The molecule has 3 aromatic rings. The smallest absolute Gasteiger partial charge is 0.150 e. The van der Waals surface area contributed by atoms with Gasteiger partial charge in [-0.2, -0.15) is 0 Å². The molecule has 0 unspecified atom stereocenters. The Hall–Kier alpha value is -3.44. The summed E-state index contributed by atoms with van der Waals surface area (Å²) in [7, 11) is 0. The average Bonchev–Trinajstić information content (AvgIpc) is 2.81. The molecule has 2 N–H and O–H groups in total. The van der Waals surface area contributed by atoms with Crippen LogP contribution < -0.4 is 9.47 Å². The van der Waals surface area contributed by atoms with E-state index in [1.807, 2.05) is 43.3 Å². The second kappa shape index (κ2) is 9.43. The van der Waals surface area contributed by atoms with E-state index in [1.165, 1.54) is 13.0 Å². The van der Waals surface area contributed by atoms with Crippen LogP contribution in [0.1, 0.15) is 43.1 Å². The molecule has 3 aromatic carbocycles. The van der Waals surface area contributed by atoms with Crippen molar-refractivity contribution in [2.45, 2.75) is 26.4 Å². The quantitative estimate of drug-likeness (QED) is 0.464. The van der Waals surface area contributed by atoms with E-state index in [0.717, 1.165) is 59.0 Å². The lowest BCUT2D eigenvalue weighted by Crippen LogP contribution is -2.49. The van der Waals surface area contributed by atoms with Crippen molar-refractivity contribution >= 4 is 11.1 Å². The minimum Gasteiger partial charge on any atom is -0.508 e. The molecular weight excluding hydrogens is 426 g/mol. The van der Waals surface area contributed by atoms with Crippen LogP contribution in [0.25, 0.3) is 11.1 Å². The first-order valence-corrected chi connectivity index (χ1v) is 12.0. The molecule has 1 fully saturated rings. The van der Waals surface area contributed by atoms with Crippen molar-refractivity contribution in [2.24, 2.45) is 5.92 Å². The SMILES string of the molecule is CCCN1CC(COc2ccc([C@@H]3Oc4ccc(O)cc4C(C)=C3c3cccc(O)c3)cc2)C1. The summed E-state index contributed by atoms with van der Waals surface area (Å²) in [6.45, 7) is 8.40. The van der Waals surface area contributed by atoms with Gasteiger partial charge < -0.3 is 24.6 Å². The second-order valence-corrected chi connectivity index (χ2v) is 9.27. The van der Waals surface area contributed by atoms with E-state index >= 15 is 0 Å². The fraction of sp³-hybridized carbons (Fsp3) is 0.310. The van der Waals surface area contributed by atoms with Crippen LogP contribution in [0.4, 0.5) is 0 Å². The third-order valence-electron chi connectivity index (χ3n) is 6.68. The summed E-state index contributed by atoms with van der Waals surface area (Å²) in [5, 5.41) is 20.2. The highest BCUT2D eigenvalue weighted by Crippen LogP contribution is 2.47. The van der Waals surface area contributed by atoms with Gasteiger partial charge in [-0.1, -0.05) is 31.2 Å². The molecule has 0 bridgehead atoms. The van der Waals surface area contributed by atoms with Gasteiger partial charge in [0.05, 0.1) is 6.61 Å². The monoisotopic (exact) mass is 457 g/mol. The van der Waals surface area contributed by atoms with Crippen LogP contribution in [0, 0.1) is 5.92 Å². The summed E-state index contributed by atoms with van der Waals surface area (Å²) in [4.78, 5) is 2.46. The first-order valence-electron chi connectivity index (χ1n) is 12.0. The van der Waals surface area contributed by atoms with Crippen molar-refractivity contribution in [3.05, 3.63) is 83.4 Å². The minimum atomic E-state index is -0.345. The van der Waals surface area contributed by atoms with Gasteiger partial charge in [0.15, 0.2) is 0 Å². The normalized spacial score (nSPS) is 18.2. The van der Waals surface area contributed by atoms with E-state index in [0.29, 0.717) is 5.92 Å². The van der Waals surface area contributed by atoms with Gasteiger partial charge in [-0.05, 0) is 79.1 Å². The first kappa shape index (κ1) is 22.4. The van der Waals surface area contributed by atoms with Gasteiger partial charge in [-0.3, -0.25) is 0 Å². The number of fused-ring (bicyclic) bond motifs is 1. The van der Waals surface area contributed by atoms with Crippen molar-refractivity contribution < 1.29 is 19.7 Å². The number of hydrogen-bond donors (Lipinski definition) is 2. The fourth-order valence-corrected chi connectivity index (χ4v) is 4.95. The topological polar surface area (TPSA) is 62.2 Å². The number of aromatic hydroxyl groups is 2.